The van der Waals surface area contributed by atoms with Gasteiger partial charge in [0.2, 0.25) is 0 Å². The van der Waals surface area contributed by atoms with Crippen molar-refractivity contribution in [3.63, 3.8) is 0 Å². The number of nitrogens with zero attached hydrogens (tertiary/aromatic N) is 1. The smallest absolute Gasteiger partial charge is 0.118 e. The summed E-state index contributed by atoms with van der Waals surface area (Å²) in [5.74, 6) is 0.328. The molecule has 1 aliphatic heterocycles. The normalized spacial score (nSPS) is 22.8. The standard InChI is InChI=1S/C32H41FN2/c1-7-8-11-26(6)31-21-27(17-16-22(2)20-29-24(4)12-9-13-25(29)5)34-32(35-31)19-18-28-23(3)14-10-15-30(28)33/h7-15,21,23,26,28,32,34H,1-2,16-20H2,3-6H3/b11-8-/t23?,26-,28?,32?/m1/s1. The van der Waals surface area contributed by atoms with Crippen LogP contribution in [0.1, 0.15) is 56.2 Å². The van der Waals surface area contributed by atoms with Crippen LogP contribution in [0.2, 0.25) is 0 Å². The molecule has 0 spiro atoms. The van der Waals surface area contributed by atoms with Crippen LogP contribution in [-0.4, -0.2) is 11.9 Å². The van der Waals surface area contributed by atoms with Gasteiger partial charge in [0.15, 0.2) is 0 Å². The highest BCUT2D eigenvalue weighted by Gasteiger charge is 2.25. The third-order valence-corrected chi connectivity index (χ3v) is 7.21. The molecule has 0 radical (unpaired) electrons. The monoisotopic (exact) mass is 472 g/mol. The van der Waals surface area contributed by atoms with E-state index in [0.29, 0.717) is 0 Å². The topological polar surface area (TPSA) is 24.4 Å². The van der Waals surface area contributed by atoms with Crippen molar-refractivity contribution in [3.05, 3.63) is 108 Å². The molecule has 1 aromatic carbocycles. The Morgan fingerprint density at radius 2 is 1.97 bits per heavy atom. The van der Waals surface area contributed by atoms with Gasteiger partial charge in [-0.15, -0.1) is 0 Å². The summed E-state index contributed by atoms with van der Waals surface area (Å²) < 4.78 is 14.4. The number of hydrogen-bond donors (Lipinski definition) is 1. The molecule has 3 unspecified atom stereocenters. The molecule has 0 aromatic heterocycles. The van der Waals surface area contributed by atoms with Crippen LogP contribution in [0.4, 0.5) is 4.39 Å². The van der Waals surface area contributed by atoms with Crippen LogP contribution in [0.15, 0.2) is 96.0 Å². The Bertz CT molecular complexity index is 1050. The number of rotatable bonds is 11. The summed E-state index contributed by atoms with van der Waals surface area (Å²) in [4.78, 5) is 5.00. The summed E-state index contributed by atoms with van der Waals surface area (Å²) in [7, 11) is 0. The molecule has 1 aliphatic carbocycles. The first-order chi connectivity index (χ1) is 16.8. The van der Waals surface area contributed by atoms with Crippen molar-refractivity contribution >= 4 is 5.71 Å². The van der Waals surface area contributed by atoms with E-state index in [1.807, 2.05) is 12.2 Å². The third kappa shape index (κ3) is 7.52. The first-order valence-electron chi connectivity index (χ1n) is 12.9. The van der Waals surface area contributed by atoms with E-state index in [0.717, 1.165) is 37.8 Å². The zero-order valence-electron chi connectivity index (χ0n) is 21.9. The van der Waals surface area contributed by atoms with Gasteiger partial charge in [-0.1, -0.05) is 81.2 Å². The van der Waals surface area contributed by atoms with E-state index >= 15 is 0 Å². The van der Waals surface area contributed by atoms with Gasteiger partial charge in [-0.3, -0.25) is 4.99 Å². The lowest BCUT2D eigenvalue weighted by molar-refractivity contribution is 0.341. The summed E-state index contributed by atoms with van der Waals surface area (Å²) >= 11 is 0. The Labute approximate surface area is 211 Å². The summed E-state index contributed by atoms with van der Waals surface area (Å²) in [5.41, 5.74) is 7.53. The van der Waals surface area contributed by atoms with Crippen LogP contribution in [0.3, 0.4) is 0 Å². The van der Waals surface area contributed by atoms with Crippen LogP contribution in [0.5, 0.6) is 0 Å². The van der Waals surface area contributed by atoms with Crippen LogP contribution >= 0.6 is 0 Å². The zero-order valence-corrected chi connectivity index (χ0v) is 21.9. The molecule has 2 nitrogen and oxygen atoms in total. The SMILES string of the molecule is C=C/C=C\[C@@H](C)C1=NC(CCC2C(F)=CC=CC2C)NC(CCC(=C)Cc2c(C)cccc2C)=C1. The fraction of sp³-hybridized carbons (Fsp3) is 0.406. The fourth-order valence-corrected chi connectivity index (χ4v) is 4.91. The molecule has 1 N–H and O–H groups in total. The first-order valence-corrected chi connectivity index (χ1v) is 12.9. The summed E-state index contributed by atoms with van der Waals surface area (Å²) in [6.45, 7) is 16.8. The van der Waals surface area contributed by atoms with Gasteiger partial charge in [0, 0.05) is 23.2 Å². The fourth-order valence-electron chi connectivity index (χ4n) is 4.91. The average Bonchev–Trinajstić information content (AvgIpc) is 2.83. The van der Waals surface area contributed by atoms with Gasteiger partial charge >= 0.3 is 0 Å². The highest BCUT2D eigenvalue weighted by molar-refractivity contribution is 5.99. The molecule has 0 bridgehead atoms. The van der Waals surface area contributed by atoms with Crippen LogP contribution < -0.4 is 5.32 Å². The second kappa shape index (κ2) is 12.7. The zero-order chi connectivity index (χ0) is 25.4. The molecular formula is C32H41FN2. The minimum absolute atomic E-state index is 0.0131. The van der Waals surface area contributed by atoms with E-state index in [2.05, 4.69) is 82.6 Å². The molecule has 0 saturated heterocycles. The maximum Gasteiger partial charge on any atom is 0.118 e. The van der Waals surface area contributed by atoms with Crippen LogP contribution in [-0.2, 0) is 6.42 Å². The molecule has 0 fully saturated rings. The van der Waals surface area contributed by atoms with E-state index in [-0.39, 0.29) is 29.7 Å². The van der Waals surface area contributed by atoms with Crippen molar-refractivity contribution in [2.45, 2.75) is 66.0 Å². The number of hydrogen-bond acceptors (Lipinski definition) is 2. The van der Waals surface area contributed by atoms with E-state index in [9.17, 15) is 4.39 Å². The molecule has 4 atom stereocenters. The van der Waals surface area contributed by atoms with Crippen molar-refractivity contribution < 1.29 is 4.39 Å². The van der Waals surface area contributed by atoms with E-state index in [1.54, 1.807) is 12.2 Å². The molecule has 2 aliphatic rings. The number of aryl methyl sites for hydroxylation is 2. The van der Waals surface area contributed by atoms with E-state index in [1.165, 1.54) is 28.0 Å². The Kier molecular flexibility index (Phi) is 9.65. The lowest BCUT2D eigenvalue weighted by Gasteiger charge is -2.28. The molecule has 0 saturated carbocycles. The highest BCUT2D eigenvalue weighted by atomic mass is 19.1. The Morgan fingerprint density at radius 3 is 2.66 bits per heavy atom. The van der Waals surface area contributed by atoms with Gasteiger partial charge in [-0.05, 0) is 80.7 Å². The largest absolute Gasteiger partial charge is 0.367 e. The van der Waals surface area contributed by atoms with Crippen molar-refractivity contribution in [2.75, 3.05) is 0 Å². The Balaban J connectivity index is 1.67. The number of allylic oxidation sites excluding steroid dienone is 10. The maximum atomic E-state index is 14.4. The van der Waals surface area contributed by atoms with Crippen molar-refractivity contribution in [2.24, 2.45) is 22.7 Å². The molecule has 3 rings (SSSR count). The summed E-state index contributed by atoms with van der Waals surface area (Å²) in [5, 5.41) is 3.63. The van der Waals surface area contributed by atoms with E-state index in [4.69, 9.17) is 4.99 Å². The maximum absolute atomic E-state index is 14.4. The number of aliphatic imine (C=N–C) groups is 1. The van der Waals surface area contributed by atoms with Gasteiger partial charge in [-0.2, -0.15) is 0 Å². The van der Waals surface area contributed by atoms with Gasteiger partial charge in [-0.25, -0.2) is 4.39 Å². The van der Waals surface area contributed by atoms with Crippen molar-refractivity contribution in [3.8, 4) is 0 Å². The van der Waals surface area contributed by atoms with Crippen molar-refractivity contribution in [1.82, 2.24) is 5.32 Å². The van der Waals surface area contributed by atoms with Crippen LogP contribution in [0.25, 0.3) is 0 Å². The summed E-state index contributed by atoms with van der Waals surface area (Å²) in [6, 6.07) is 6.46. The molecular weight excluding hydrogens is 431 g/mol. The number of benzene rings is 1. The quantitative estimate of drug-likeness (QED) is 0.254. The molecule has 186 valence electrons. The van der Waals surface area contributed by atoms with Gasteiger partial charge in [0.05, 0.1) is 0 Å². The minimum Gasteiger partial charge on any atom is -0.367 e. The number of halogens is 1. The predicted octanol–water partition coefficient (Wildman–Crippen LogP) is 8.27. The predicted molar refractivity (Wildman–Crippen MR) is 149 cm³/mol. The molecule has 3 heteroatoms. The van der Waals surface area contributed by atoms with Gasteiger partial charge in [0.1, 0.15) is 12.0 Å². The highest BCUT2D eigenvalue weighted by Crippen LogP contribution is 2.32. The second-order valence-corrected chi connectivity index (χ2v) is 10.1. The third-order valence-electron chi connectivity index (χ3n) is 7.21. The molecule has 35 heavy (non-hydrogen) atoms. The molecule has 1 heterocycles. The van der Waals surface area contributed by atoms with Gasteiger partial charge in [0.25, 0.3) is 0 Å². The average molecular weight is 473 g/mol. The Morgan fingerprint density at radius 1 is 1.23 bits per heavy atom. The first kappa shape index (κ1) is 26.7. The molecule has 1 aromatic rings. The second-order valence-electron chi connectivity index (χ2n) is 10.1. The summed E-state index contributed by atoms with van der Waals surface area (Å²) in [6.07, 6.45) is 17.9. The molecule has 0 amide bonds. The van der Waals surface area contributed by atoms with Crippen molar-refractivity contribution in [1.29, 1.82) is 0 Å². The van der Waals surface area contributed by atoms with Crippen LogP contribution in [0, 0.1) is 31.6 Å². The lowest BCUT2D eigenvalue weighted by atomic mass is 9.85. The number of nitrogens with one attached hydrogen (secondary N) is 1. The van der Waals surface area contributed by atoms with E-state index < -0.39 is 0 Å². The van der Waals surface area contributed by atoms with Gasteiger partial charge < -0.3 is 5.32 Å². The Hall–Kier alpha value is -2.94. The minimum atomic E-state index is -0.0648. The lowest BCUT2D eigenvalue weighted by Crippen LogP contribution is -2.34.